The third-order valence-corrected chi connectivity index (χ3v) is 6.87. The number of allylic oxidation sites excluding steroid dienone is 4. The number of hydrogen-bond donors (Lipinski definition) is 0. The van der Waals surface area contributed by atoms with E-state index in [9.17, 15) is 4.79 Å². The molecular weight excluding hydrogens is 328 g/mol. The Morgan fingerprint density at radius 1 is 1.04 bits per heavy atom. The maximum Gasteiger partial charge on any atom is -0.153 e. The summed E-state index contributed by atoms with van der Waals surface area (Å²) in [4.78, 5) is 11.1. The molecule has 0 fully saturated rings. The molecular formula is C18H28O4Ti. The second kappa shape index (κ2) is 10.4. The largest absolute Gasteiger partial charge is 0.857 e. The maximum atomic E-state index is 11.1. The van der Waals surface area contributed by atoms with Crippen LogP contribution >= 0.6 is 0 Å². The van der Waals surface area contributed by atoms with E-state index in [4.69, 9.17) is 13.5 Å². The first-order chi connectivity index (χ1) is 11.2. The Kier molecular flexibility index (Phi) is 9.37. The normalized spacial score (nSPS) is 25.1. The van der Waals surface area contributed by atoms with Gasteiger partial charge in [0.25, 0.3) is 0 Å². The summed E-state index contributed by atoms with van der Waals surface area (Å²) in [7, 11) is 1.50. The molecule has 23 heavy (non-hydrogen) atoms. The molecule has 3 rings (SSSR count). The summed E-state index contributed by atoms with van der Waals surface area (Å²) in [6.45, 7) is 3.93. The van der Waals surface area contributed by atoms with Gasteiger partial charge in [-0.2, -0.15) is 14.2 Å². The van der Waals surface area contributed by atoms with Crippen molar-refractivity contribution in [3.63, 3.8) is 0 Å². The van der Waals surface area contributed by atoms with Crippen molar-refractivity contribution in [2.45, 2.75) is 63.0 Å². The van der Waals surface area contributed by atoms with Crippen LogP contribution in [0.1, 0.15) is 58.8 Å². The molecule has 0 aromatic rings. The molecule has 0 radical (unpaired) electrons. The van der Waals surface area contributed by atoms with Crippen LogP contribution in [0.4, 0.5) is 0 Å². The Morgan fingerprint density at radius 3 is 2.30 bits per heavy atom. The van der Waals surface area contributed by atoms with Gasteiger partial charge in [0.15, 0.2) is 0 Å². The zero-order valence-corrected chi connectivity index (χ0v) is 16.3. The van der Waals surface area contributed by atoms with Gasteiger partial charge >= 0.3 is 125 Å². The predicted molar refractivity (Wildman–Crippen MR) is 82.9 cm³/mol. The van der Waals surface area contributed by atoms with Crippen molar-refractivity contribution in [2.24, 2.45) is 5.92 Å². The van der Waals surface area contributed by atoms with E-state index in [1.54, 1.807) is 29.2 Å². The van der Waals surface area contributed by atoms with Gasteiger partial charge in [-0.05, 0) is 0 Å². The van der Waals surface area contributed by atoms with Crippen LogP contribution in [-0.4, -0.2) is 20.2 Å². The first-order valence-electron chi connectivity index (χ1n) is 8.38. The molecule has 3 aliphatic rings. The zero-order chi connectivity index (χ0) is 17.4. The predicted octanol–water partition coefficient (Wildman–Crippen LogP) is 2.29. The van der Waals surface area contributed by atoms with E-state index in [1.807, 2.05) is 0 Å². The van der Waals surface area contributed by atoms with Crippen molar-refractivity contribution < 1.29 is 37.9 Å². The van der Waals surface area contributed by atoms with E-state index < -0.39 is 19.5 Å². The third-order valence-electron chi connectivity index (χ3n) is 4.85. The minimum absolute atomic E-state index is 0.0869. The molecule has 0 bridgehead atoms. The fraction of sp³-hybridized carbons (Fsp3) is 0.722. The summed E-state index contributed by atoms with van der Waals surface area (Å²) in [5, 5.41) is 16.5. The number of rotatable bonds is 2. The van der Waals surface area contributed by atoms with Crippen LogP contribution in [0.5, 0.6) is 0 Å². The molecule has 3 aliphatic carbocycles. The van der Waals surface area contributed by atoms with Crippen LogP contribution in [0.3, 0.4) is 0 Å². The van der Waals surface area contributed by atoms with E-state index in [-0.39, 0.29) is 5.97 Å². The van der Waals surface area contributed by atoms with Crippen LogP contribution < -0.4 is 10.2 Å². The van der Waals surface area contributed by atoms with Crippen molar-refractivity contribution in [1.82, 2.24) is 0 Å². The van der Waals surface area contributed by atoms with Crippen LogP contribution in [0.2, 0.25) is 4.22 Å². The fourth-order valence-corrected chi connectivity index (χ4v) is 5.94. The average molecular weight is 356 g/mol. The summed E-state index contributed by atoms with van der Waals surface area (Å²) in [5.74, 6) is 0.561. The molecule has 0 aromatic heterocycles. The number of carbonyl (C=O) groups is 1. The summed E-state index contributed by atoms with van der Waals surface area (Å²) >= 11 is -0.605. The molecule has 0 saturated carbocycles. The van der Waals surface area contributed by atoms with Crippen LogP contribution in [-0.2, 0) is 27.7 Å². The van der Waals surface area contributed by atoms with Crippen molar-refractivity contribution in [1.29, 1.82) is 0 Å². The number of carbonyl (C=O) groups excluding carboxylic acids is 1. The Balaban J connectivity index is 0.000000615. The minimum Gasteiger partial charge on any atom is -0.857 e. The molecule has 0 heterocycles. The molecule has 0 aliphatic heterocycles. The first-order valence-corrected chi connectivity index (χ1v) is 9.92. The molecule has 2 atom stereocenters. The second-order valence-electron chi connectivity index (χ2n) is 6.02. The maximum absolute atomic E-state index is 11.1. The van der Waals surface area contributed by atoms with Crippen molar-refractivity contribution in [2.75, 3.05) is 14.2 Å². The van der Waals surface area contributed by atoms with Crippen molar-refractivity contribution >= 4 is 5.97 Å². The van der Waals surface area contributed by atoms with Gasteiger partial charge in [0.05, 0.1) is 0 Å². The molecule has 0 aromatic carbocycles. The van der Waals surface area contributed by atoms with Gasteiger partial charge in [0, 0.05) is 0 Å². The van der Waals surface area contributed by atoms with Crippen molar-refractivity contribution in [3.05, 3.63) is 22.3 Å². The van der Waals surface area contributed by atoms with E-state index in [2.05, 4.69) is 6.92 Å². The minimum atomic E-state index is -0.605. The molecule has 0 spiro atoms. The Morgan fingerprint density at radius 2 is 1.65 bits per heavy atom. The SMILES string of the molecule is CC(=O)[O][Ti+2][CH]1CCCC2=C1C(C)C1=C2CCCC1.C[O-].C[O-]. The van der Waals surface area contributed by atoms with E-state index in [0.29, 0.717) is 10.1 Å². The first kappa shape index (κ1) is 20.6. The number of fused-ring (bicyclic) bond motifs is 1. The summed E-state index contributed by atoms with van der Waals surface area (Å²) in [6.07, 6.45) is 9.17. The van der Waals surface area contributed by atoms with Gasteiger partial charge in [0.2, 0.25) is 0 Å². The van der Waals surface area contributed by atoms with Crippen LogP contribution in [0, 0.1) is 5.92 Å². The van der Waals surface area contributed by atoms with Gasteiger partial charge in [-0.15, -0.1) is 0 Å². The van der Waals surface area contributed by atoms with Crippen LogP contribution in [0.15, 0.2) is 22.3 Å². The molecule has 0 N–H and O–H groups in total. The van der Waals surface area contributed by atoms with Gasteiger partial charge in [0.1, 0.15) is 0 Å². The molecule has 128 valence electrons. The summed E-state index contributed by atoms with van der Waals surface area (Å²) < 4.78 is 6.03. The van der Waals surface area contributed by atoms with E-state index in [0.717, 1.165) is 14.2 Å². The van der Waals surface area contributed by atoms with Gasteiger partial charge in [-0.3, -0.25) is 0 Å². The van der Waals surface area contributed by atoms with Gasteiger partial charge < -0.3 is 10.2 Å². The second-order valence-corrected chi connectivity index (χ2v) is 7.80. The quantitative estimate of drug-likeness (QED) is 0.712. The molecule has 4 nitrogen and oxygen atoms in total. The Hall–Kier alpha value is -0.416. The third kappa shape index (κ3) is 4.79. The molecule has 0 saturated heterocycles. The van der Waals surface area contributed by atoms with Gasteiger partial charge in [-0.1, -0.05) is 0 Å². The van der Waals surface area contributed by atoms with E-state index in [1.165, 1.54) is 44.9 Å². The molecule has 2 unspecified atom stereocenters. The molecule has 0 amide bonds. The smallest absolute Gasteiger partial charge is 0.153 e. The fourth-order valence-electron chi connectivity index (χ4n) is 4.10. The van der Waals surface area contributed by atoms with Gasteiger partial charge in [-0.25, -0.2) is 0 Å². The average Bonchev–Trinajstić information content (AvgIpc) is 2.90. The van der Waals surface area contributed by atoms with Crippen molar-refractivity contribution in [3.8, 4) is 0 Å². The monoisotopic (exact) mass is 356 g/mol. The molecule has 5 heteroatoms. The number of hydrogen-bond acceptors (Lipinski definition) is 4. The summed E-state index contributed by atoms with van der Waals surface area (Å²) in [6, 6.07) is 0. The summed E-state index contributed by atoms with van der Waals surface area (Å²) in [5.41, 5.74) is 6.82. The topological polar surface area (TPSA) is 72.4 Å². The Labute approximate surface area is 149 Å². The standard InChI is InChI=1S/C14H19.C2H4O2.2CH3O.Ti/c1-10-11-6-2-4-8-13(11)14-9-5-3-7-12(10)14;1-2(3)4;2*1-2;/h6,10H,2-5,7-9H2,1H3;1H3,(H,3,4);2*1H3;/q;;2*-1;+3/p-1. The zero-order valence-electron chi connectivity index (χ0n) is 14.7. The van der Waals surface area contributed by atoms with Crippen LogP contribution in [0.25, 0.3) is 0 Å². The van der Waals surface area contributed by atoms with E-state index >= 15 is 0 Å². The Bertz CT molecular complexity index is 468.